The molecular formula is C15H16Br2N2O. The molecule has 0 amide bonds. The standard InChI is InChI=1S/C15H16Br2N2O/c1-2-18-8-12-6-13(16)3-4-15(12)20-10-11-5-14(17)9-19-7-11/h3-7,9,18H,2,8,10H2,1H3. The zero-order valence-electron chi connectivity index (χ0n) is 11.2. The Bertz CT molecular complexity index is 576. The van der Waals surface area contributed by atoms with Crippen molar-refractivity contribution in [3.63, 3.8) is 0 Å². The third kappa shape index (κ3) is 4.58. The van der Waals surface area contributed by atoms with Gasteiger partial charge >= 0.3 is 0 Å². The number of hydrogen-bond acceptors (Lipinski definition) is 3. The predicted octanol–water partition coefficient (Wildman–Crippen LogP) is 4.30. The molecule has 1 aromatic heterocycles. The highest BCUT2D eigenvalue weighted by molar-refractivity contribution is 9.10. The second-order valence-electron chi connectivity index (χ2n) is 4.33. The van der Waals surface area contributed by atoms with Gasteiger partial charge in [0.15, 0.2) is 0 Å². The van der Waals surface area contributed by atoms with Gasteiger partial charge in [-0.3, -0.25) is 4.98 Å². The van der Waals surface area contributed by atoms with E-state index in [0.717, 1.165) is 38.9 Å². The summed E-state index contributed by atoms with van der Waals surface area (Å²) in [5.74, 6) is 0.897. The molecule has 0 fully saturated rings. The molecule has 0 saturated carbocycles. The topological polar surface area (TPSA) is 34.1 Å². The number of nitrogens with zero attached hydrogens (tertiary/aromatic N) is 1. The maximum Gasteiger partial charge on any atom is 0.124 e. The van der Waals surface area contributed by atoms with Crippen molar-refractivity contribution in [1.82, 2.24) is 10.3 Å². The van der Waals surface area contributed by atoms with Crippen LogP contribution in [0.25, 0.3) is 0 Å². The SMILES string of the molecule is CCNCc1cc(Br)ccc1OCc1cncc(Br)c1. The molecule has 0 spiro atoms. The van der Waals surface area contributed by atoms with Gasteiger partial charge in [0.1, 0.15) is 12.4 Å². The molecule has 3 nitrogen and oxygen atoms in total. The highest BCUT2D eigenvalue weighted by atomic mass is 79.9. The van der Waals surface area contributed by atoms with Gasteiger partial charge in [-0.25, -0.2) is 0 Å². The van der Waals surface area contributed by atoms with Crippen LogP contribution in [0.4, 0.5) is 0 Å². The van der Waals surface area contributed by atoms with E-state index in [1.165, 1.54) is 0 Å². The summed E-state index contributed by atoms with van der Waals surface area (Å²) in [7, 11) is 0. The Morgan fingerprint density at radius 1 is 1.15 bits per heavy atom. The first kappa shape index (κ1) is 15.5. The number of hydrogen-bond donors (Lipinski definition) is 1. The van der Waals surface area contributed by atoms with Gasteiger partial charge in [0, 0.05) is 39.0 Å². The van der Waals surface area contributed by atoms with Crippen molar-refractivity contribution in [2.45, 2.75) is 20.1 Å². The third-order valence-electron chi connectivity index (χ3n) is 2.74. The molecule has 0 aliphatic heterocycles. The van der Waals surface area contributed by atoms with Gasteiger partial charge in [-0.1, -0.05) is 22.9 Å². The molecule has 0 bridgehead atoms. The fourth-order valence-electron chi connectivity index (χ4n) is 1.78. The lowest BCUT2D eigenvalue weighted by molar-refractivity contribution is 0.301. The molecular weight excluding hydrogens is 384 g/mol. The number of halogens is 2. The quantitative estimate of drug-likeness (QED) is 0.786. The molecule has 0 aliphatic carbocycles. The van der Waals surface area contributed by atoms with Gasteiger partial charge in [-0.2, -0.15) is 0 Å². The monoisotopic (exact) mass is 398 g/mol. The molecule has 1 N–H and O–H groups in total. The largest absolute Gasteiger partial charge is 0.489 e. The number of pyridine rings is 1. The maximum absolute atomic E-state index is 5.91. The van der Waals surface area contributed by atoms with E-state index in [-0.39, 0.29) is 0 Å². The lowest BCUT2D eigenvalue weighted by Crippen LogP contribution is -2.13. The number of rotatable bonds is 6. The van der Waals surface area contributed by atoms with Crippen molar-refractivity contribution in [3.8, 4) is 5.75 Å². The van der Waals surface area contributed by atoms with Crippen LogP contribution in [0.5, 0.6) is 5.75 Å². The van der Waals surface area contributed by atoms with Gasteiger partial charge in [0.25, 0.3) is 0 Å². The molecule has 0 aliphatic rings. The van der Waals surface area contributed by atoms with Crippen molar-refractivity contribution in [1.29, 1.82) is 0 Å². The molecule has 1 aromatic carbocycles. The summed E-state index contributed by atoms with van der Waals surface area (Å²) >= 11 is 6.91. The summed E-state index contributed by atoms with van der Waals surface area (Å²) in [5.41, 5.74) is 2.18. The van der Waals surface area contributed by atoms with E-state index in [9.17, 15) is 0 Å². The van der Waals surface area contributed by atoms with Crippen LogP contribution >= 0.6 is 31.9 Å². The molecule has 20 heavy (non-hydrogen) atoms. The van der Waals surface area contributed by atoms with Gasteiger partial charge in [0.2, 0.25) is 0 Å². The summed E-state index contributed by atoms with van der Waals surface area (Å²) in [5, 5.41) is 3.32. The number of benzene rings is 1. The normalized spacial score (nSPS) is 10.6. The predicted molar refractivity (Wildman–Crippen MR) is 87.8 cm³/mol. The summed E-state index contributed by atoms with van der Waals surface area (Å²) in [6.45, 7) is 4.32. The van der Waals surface area contributed by atoms with Crippen molar-refractivity contribution in [2.75, 3.05) is 6.54 Å². The Morgan fingerprint density at radius 3 is 2.75 bits per heavy atom. The fraction of sp³-hybridized carbons (Fsp3) is 0.267. The Kier molecular flexibility index (Phi) is 6.01. The highest BCUT2D eigenvalue weighted by Gasteiger charge is 2.05. The van der Waals surface area contributed by atoms with Crippen LogP contribution in [0, 0.1) is 0 Å². The lowest BCUT2D eigenvalue weighted by Gasteiger charge is -2.12. The minimum atomic E-state index is 0.507. The second-order valence-corrected chi connectivity index (χ2v) is 6.16. The van der Waals surface area contributed by atoms with Crippen molar-refractivity contribution >= 4 is 31.9 Å². The van der Waals surface area contributed by atoms with Crippen LogP contribution in [-0.2, 0) is 13.2 Å². The molecule has 106 valence electrons. The highest BCUT2D eigenvalue weighted by Crippen LogP contribution is 2.24. The number of ether oxygens (including phenoxy) is 1. The van der Waals surface area contributed by atoms with Crippen molar-refractivity contribution in [2.24, 2.45) is 0 Å². The van der Waals surface area contributed by atoms with Crippen molar-refractivity contribution < 1.29 is 4.74 Å². The Balaban J connectivity index is 2.08. The van der Waals surface area contributed by atoms with E-state index in [1.807, 2.05) is 24.4 Å². The lowest BCUT2D eigenvalue weighted by atomic mass is 10.2. The Hall–Kier alpha value is -0.910. The summed E-state index contributed by atoms with van der Waals surface area (Å²) < 4.78 is 7.93. The zero-order valence-corrected chi connectivity index (χ0v) is 14.4. The van der Waals surface area contributed by atoms with Crippen LogP contribution in [-0.4, -0.2) is 11.5 Å². The number of nitrogens with one attached hydrogen (secondary N) is 1. The van der Waals surface area contributed by atoms with Gasteiger partial charge in [-0.15, -0.1) is 0 Å². The first-order valence-corrected chi connectivity index (χ1v) is 7.99. The minimum absolute atomic E-state index is 0.507. The first-order valence-electron chi connectivity index (χ1n) is 6.40. The van der Waals surface area contributed by atoms with E-state index in [4.69, 9.17) is 4.74 Å². The van der Waals surface area contributed by atoms with E-state index in [0.29, 0.717) is 6.61 Å². The molecule has 0 unspecified atom stereocenters. The third-order valence-corrected chi connectivity index (χ3v) is 3.67. The molecule has 0 radical (unpaired) electrons. The van der Waals surface area contributed by atoms with Crippen LogP contribution in [0.2, 0.25) is 0 Å². The average molecular weight is 400 g/mol. The van der Waals surface area contributed by atoms with Crippen LogP contribution in [0.3, 0.4) is 0 Å². The molecule has 0 atom stereocenters. The minimum Gasteiger partial charge on any atom is -0.489 e. The van der Waals surface area contributed by atoms with Crippen LogP contribution < -0.4 is 10.1 Å². The summed E-state index contributed by atoms with van der Waals surface area (Å²) in [4.78, 5) is 4.14. The van der Waals surface area contributed by atoms with Gasteiger partial charge in [0.05, 0.1) is 0 Å². The van der Waals surface area contributed by atoms with E-state index < -0.39 is 0 Å². The van der Waals surface area contributed by atoms with E-state index in [1.54, 1.807) is 6.20 Å². The molecule has 0 saturated heterocycles. The van der Waals surface area contributed by atoms with Crippen LogP contribution in [0.1, 0.15) is 18.1 Å². The Morgan fingerprint density at radius 2 is 2.00 bits per heavy atom. The smallest absolute Gasteiger partial charge is 0.124 e. The molecule has 2 aromatic rings. The van der Waals surface area contributed by atoms with E-state index in [2.05, 4.69) is 55.2 Å². The van der Waals surface area contributed by atoms with Gasteiger partial charge in [-0.05, 0) is 46.7 Å². The summed E-state index contributed by atoms with van der Waals surface area (Å²) in [6, 6.07) is 8.07. The average Bonchev–Trinajstić information content (AvgIpc) is 2.44. The summed E-state index contributed by atoms with van der Waals surface area (Å²) in [6.07, 6.45) is 3.58. The second kappa shape index (κ2) is 7.76. The zero-order chi connectivity index (χ0) is 14.4. The fourth-order valence-corrected chi connectivity index (χ4v) is 2.60. The molecule has 5 heteroatoms. The number of aromatic nitrogens is 1. The van der Waals surface area contributed by atoms with Gasteiger partial charge < -0.3 is 10.1 Å². The molecule has 1 heterocycles. The van der Waals surface area contributed by atoms with Crippen molar-refractivity contribution in [3.05, 3.63) is 56.7 Å². The van der Waals surface area contributed by atoms with E-state index >= 15 is 0 Å². The van der Waals surface area contributed by atoms with Crippen LogP contribution in [0.15, 0.2) is 45.6 Å². The molecule has 2 rings (SSSR count). The first-order chi connectivity index (χ1) is 9.69. The maximum atomic E-state index is 5.91. The Labute approximate surface area is 136 Å².